The second-order valence-corrected chi connectivity index (χ2v) is 7.65. The Hall–Kier alpha value is -2.88. The van der Waals surface area contributed by atoms with Gasteiger partial charge in [-0.3, -0.25) is 4.79 Å². The van der Waals surface area contributed by atoms with Crippen molar-refractivity contribution in [1.29, 1.82) is 0 Å². The van der Waals surface area contributed by atoms with Crippen LogP contribution in [0.4, 0.5) is 23.4 Å². The lowest BCUT2D eigenvalue weighted by Gasteiger charge is -2.32. The molecule has 3 heterocycles. The predicted molar refractivity (Wildman–Crippen MR) is 100 cm³/mol. The van der Waals surface area contributed by atoms with Gasteiger partial charge in [0.15, 0.2) is 11.7 Å². The summed E-state index contributed by atoms with van der Waals surface area (Å²) in [5.41, 5.74) is 0.545. The van der Waals surface area contributed by atoms with Crippen LogP contribution in [-0.2, 0) is 6.54 Å². The first kappa shape index (κ1) is 19.4. The van der Waals surface area contributed by atoms with Crippen LogP contribution >= 0.6 is 11.3 Å². The first-order valence-electron chi connectivity index (χ1n) is 8.80. The molecule has 152 valence electrons. The monoisotopic (exact) mass is 424 g/mol. The number of anilines is 1. The van der Waals surface area contributed by atoms with Gasteiger partial charge < -0.3 is 10.6 Å². The van der Waals surface area contributed by atoms with Crippen LogP contribution in [0.3, 0.4) is 0 Å². The van der Waals surface area contributed by atoms with Crippen LogP contribution in [0.2, 0.25) is 0 Å². The van der Waals surface area contributed by atoms with Gasteiger partial charge >= 0.3 is 6.18 Å². The van der Waals surface area contributed by atoms with E-state index in [2.05, 4.69) is 15.7 Å². The Kier molecular flexibility index (Phi) is 5.03. The van der Waals surface area contributed by atoms with Gasteiger partial charge in [-0.25, -0.2) is 9.07 Å². The van der Waals surface area contributed by atoms with Crippen LogP contribution in [0, 0.1) is 5.82 Å². The Morgan fingerprint density at radius 2 is 2.03 bits per heavy atom. The Labute approximate surface area is 167 Å². The molecule has 0 saturated heterocycles. The zero-order valence-corrected chi connectivity index (χ0v) is 15.7. The minimum atomic E-state index is -4.50. The average Bonchev–Trinajstić information content (AvgIpc) is 3.35. The van der Waals surface area contributed by atoms with Crippen molar-refractivity contribution in [3.05, 3.63) is 69.8 Å². The molecule has 4 rings (SSSR count). The number of nitrogens with one attached hydrogen (secondary N) is 2. The molecular formula is C19H16F4N4OS. The summed E-state index contributed by atoms with van der Waals surface area (Å²) in [6.45, 7) is 0.106. The number of nitrogens with zero attached hydrogens (tertiary/aromatic N) is 2. The molecule has 10 heteroatoms. The summed E-state index contributed by atoms with van der Waals surface area (Å²) < 4.78 is 54.7. The molecule has 0 saturated carbocycles. The number of benzene rings is 1. The van der Waals surface area contributed by atoms with Crippen LogP contribution in [0.5, 0.6) is 0 Å². The highest BCUT2D eigenvalue weighted by atomic mass is 32.1. The molecule has 0 radical (unpaired) electrons. The fourth-order valence-electron chi connectivity index (χ4n) is 3.24. The molecule has 0 unspecified atom stereocenters. The summed E-state index contributed by atoms with van der Waals surface area (Å²) in [5, 5.41) is 11.3. The highest BCUT2D eigenvalue weighted by Crippen LogP contribution is 2.44. The fourth-order valence-corrected chi connectivity index (χ4v) is 4.03. The average molecular weight is 424 g/mol. The largest absolute Gasteiger partial charge is 0.410 e. The Balaban J connectivity index is 1.55. The molecule has 0 fully saturated rings. The number of carbonyl (C=O) groups excluding carboxylic acids is 1. The first-order chi connectivity index (χ1) is 13.8. The Bertz CT molecular complexity index is 998. The SMILES string of the molecule is O=C(NCc1ccc(F)cc1)c1cc2n(n1)[C@H](C(F)(F)F)C[C@H](c1cccs1)N2. The number of rotatable bonds is 4. The highest BCUT2D eigenvalue weighted by Gasteiger charge is 2.47. The Morgan fingerprint density at radius 3 is 2.69 bits per heavy atom. The zero-order valence-electron chi connectivity index (χ0n) is 14.9. The van der Waals surface area contributed by atoms with Crippen molar-refractivity contribution >= 4 is 23.1 Å². The van der Waals surface area contributed by atoms with Crippen LogP contribution in [0.15, 0.2) is 47.8 Å². The molecule has 0 spiro atoms. The lowest BCUT2D eigenvalue weighted by Crippen LogP contribution is -2.35. The third kappa shape index (κ3) is 4.12. The lowest BCUT2D eigenvalue weighted by atomic mass is 10.0. The summed E-state index contributed by atoms with van der Waals surface area (Å²) in [4.78, 5) is 13.2. The van der Waals surface area contributed by atoms with Crippen molar-refractivity contribution in [2.75, 3.05) is 5.32 Å². The molecule has 1 aromatic carbocycles. The molecule has 29 heavy (non-hydrogen) atoms. The maximum Gasteiger partial charge on any atom is 0.410 e. The smallest absolute Gasteiger partial charge is 0.363 e. The molecule has 1 aliphatic rings. The van der Waals surface area contributed by atoms with Crippen LogP contribution < -0.4 is 10.6 Å². The summed E-state index contributed by atoms with van der Waals surface area (Å²) in [7, 11) is 0. The summed E-state index contributed by atoms with van der Waals surface area (Å²) in [6.07, 6.45) is -4.71. The van der Waals surface area contributed by atoms with Crippen molar-refractivity contribution in [1.82, 2.24) is 15.1 Å². The second kappa shape index (κ2) is 7.51. The minimum Gasteiger partial charge on any atom is -0.363 e. The summed E-state index contributed by atoms with van der Waals surface area (Å²) >= 11 is 1.37. The maximum atomic E-state index is 13.6. The predicted octanol–water partition coefficient (Wildman–Crippen LogP) is 4.67. The van der Waals surface area contributed by atoms with Gasteiger partial charge in [0.1, 0.15) is 11.6 Å². The molecule has 0 bridgehead atoms. The van der Waals surface area contributed by atoms with Gasteiger partial charge in [0.2, 0.25) is 0 Å². The van der Waals surface area contributed by atoms with E-state index < -0.39 is 30.0 Å². The second-order valence-electron chi connectivity index (χ2n) is 6.67. The number of amides is 1. The number of hydrogen-bond acceptors (Lipinski definition) is 4. The number of fused-ring (bicyclic) bond motifs is 1. The van der Waals surface area contributed by atoms with Gasteiger partial charge in [-0.15, -0.1) is 11.3 Å². The number of thiophene rings is 1. The van der Waals surface area contributed by atoms with E-state index in [1.54, 1.807) is 17.5 Å². The zero-order chi connectivity index (χ0) is 20.6. The highest BCUT2D eigenvalue weighted by molar-refractivity contribution is 7.10. The van der Waals surface area contributed by atoms with E-state index in [1.165, 1.54) is 41.7 Å². The van der Waals surface area contributed by atoms with Crippen molar-refractivity contribution in [2.24, 2.45) is 0 Å². The fraction of sp³-hybridized carbons (Fsp3) is 0.263. The molecule has 0 aliphatic carbocycles. The van der Waals surface area contributed by atoms with Gasteiger partial charge in [0.05, 0.1) is 6.04 Å². The number of halogens is 4. The molecular weight excluding hydrogens is 408 g/mol. The quantitative estimate of drug-likeness (QED) is 0.599. The van der Waals surface area contributed by atoms with Gasteiger partial charge in [-0.05, 0) is 29.1 Å². The standard InChI is InChI=1S/C19H16F4N4OS/c20-12-5-3-11(4-6-12)10-24-18(28)14-9-17-25-13(15-2-1-7-29-15)8-16(19(21,22)23)27(17)26-14/h1-7,9,13,16,25H,8,10H2,(H,24,28)/t13-,16+/m1/s1. The van der Waals surface area contributed by atoms with E-state index in [0.717, 1.165) is 9.56 Å². The normalized spacial score (nSPS) is 18.8. The van der Waals surface area contributed by atoms with Gasteiger partial charge in [-0.2, -0.15) is 18.3 Å². The van der Waals surface area contributed by atoms with E-state index >= 15 is 0 Å². The van der Waals surface area contributed by atoms with E-state index in [0.29, 0.717) is 5.56 Å². The van der Waals surface area contributed by atoms with Crippen molar-refractivity contribution in [2.45, 2.75) is 31.2 Å². The number of hydrogen-bond donors (Lipinski definition) is 2. The number of carbonyl (C=O) groups is 1. The summed E-state index contributed by atoms with van der Waals surface area (Å²) in [6, 6.07) is 8.09. The number of alkyl halides is 3. The molecule has 2 N–H and O–H groups in total. The molecule has 2 atom stereocenters. The van der Waals surface area contributed by atoms with Crippen LogP contribution in [0.1, 0.15) is 39.4 Å². The van der Waals surface area contributed by atoms with Crippen LogP contribution in [0.25, 0.3) is 0 Å². The van der Waals surface area contributed by atoms with E-state index in [-0.39, 0.29) is 24.5 Å². The molecule has 3 aromatic rings. The van der Waals surface area contributed by atoms with Crippen molar-refractivity contribution in [3.63, 3.8) is 0 Å². The molecule has 1 aliphatic heterocycles. The van der Waals surface area contributed by atoms with Crippen molar-refractivity contribution < 1.29 is 22.4 Å². The molecule has 5 nitrogen and oxygen atoms in total. The third-order valence-electron chi connectivity index (χ3n) is 4.68. The van der Waals surface area contributed by atoms with Gasteiger partial charge in [0, 0.05) is 23.9 Å². The third-order valence-corrected chi connectivity index (χ3v) is 5.66. The number of aromatic nitrogens is 2. The van der Waals surface area contributed by atoms with Gasteiger partial charge in [0.25, 0.3) is 5.91 Å². The topological polar surface area (TPSA) is 59.0 Å². The van der Waals surface area contributed by atoms with E-state index in [9.17, 15) is 22.4 Å². The first-order valence-corrected chi connectivity index (χ1v) is 9.68. The van der Waals surface area contributed by atoms with Gasteiger partial charge in [-0.1, -0.05) is 18.2 Å². The van der Waals surface area contributed by atoms with E-state index in [4.69, 9.17) is 0 Å². The lowest BCUT2D eigenvalue weighted by molar-refractivity contribution is -0.173. The minimum absolute atomic E-state index is 0.106. The van der Waals surface area contributed by atoms with Crippen molar-refractivity contribution in [3.8, 4) is 0 Å². The maximum absolute atomic E-state index is 13.6. The molecule has 2 aromatic heterocycles. The van der Waals surface area contributed by atoms with Crippen LogP contribution in [-0.4, -0.2) is 21.9 Å². The summed E-state index contributed by atoms with van der Waals surface area (Å²) in [5.74, 6) is -0.859. The van der Waals surface area contributed by atoms with E-state index in [1.807, 2.05) is 0 Å². The molecule has 1 amide bonds. The Morgan fingerprint density at radius 1 is 1.28 bits per heavy atom.